The Kier molecular flexibility index (Phi) is 7.41. The number of nitrogens with two attached hydrogens (primary N) is 1. The van der Waals surface area contributed by atoms with Crippen molar-refractivity contribution in [1.29, 1.82) is 0 Å². The van der Waals surface area contributed by atoms with Gasteiger partial charge in [-0.1, -0.05) is 6.92 Å². The highest BCUT2D eigenvalue weighted by Crippen LogP contribution is 2.21. The average molecular weight is 340 g/mol. The molecular weight excluding hydrogens is 312 g/mol. The van der Waals surface area contributed by atoms with Crippen molar-refractivity contribution in [1.82, 2.24) is 25.7 Å². The van der Waals surface area contributed by atoms with Crippen molar-refractivity contribution in [2.24, 2.45) is 5.73 Å². The number of nitrogens with zero attached hydrogens (tertiary/aromatic N) is 3. The van der Waals surface area contributed by atoms with Crippen molar-refractivity contribution in [3.05, 3.63) is 11.8 Å². The minimum atomic E-state index is -0.342. The molecule has 0 aromatic carbocycles. The molecule has 9 heteroatoms. The number of aromatic nitrogens is 2. The summed E-state index contributed by atoms with van der Waals surface area (Å²) in [4.78, 5) is 14.2. The number of hydrogen-bond donors (Lipinski definition) is 4. The predicted octanol–water partition coefficient (Wildman–Crippen LogP) is -0.0497. The van der Waals surface area contributed by atoms with Crippen LogP contribution in [0.15, 0.2) is 4.42 Å². The number of unbranched alkanes of at least 4 members (excludes halogenated alkanes) is 1. The number of nitrogens with one attached hydrogen (secondary N) is 2. The van der Waals surface area contributed by atoms with E-state index in [1.807, 2.05) is 0 Å². The molecule has 2 heterocycles. The first kappa shape index (κ1) is 18.6. The molecule has 9 nitrogen and oxygen atoms in total. The van der Waals surface area contributed by atoms with E-state index in [4.69, 9.17) is 10.2 Å². The van der Waals surface area contributed by atoms with Crippen LogP contribution in [0.4, 0.5) is 4.79 Å². The molecule has 24 heavy (non-hydrogen) atoms. The van der Waals surface area contributed by atoms with Crippen molar-refractivity contribution < 1.29 is 14.3 Å². The maximum Gasteiger partial charge on any atom is 0.318 e. The van der Waals surface area contributed by atoms with Crippen LogP contribution in [0.25, 0.3) is 0 Å². The average Bonchev–Trinajstić information content (AvgIpc) is 3.11. The topological polar surface area (TPSA) is 130 Å². The number of aliphatic hydroxyl groups excluding tert-OH is 1. The molecule has 136 valence electrons. The molecule has 0 radical (unpaired) electrons. The van der Waals surface area contributed by atoms with E-state index in [1.54, 1.807) is 11.8 Å². The molecule has 0 bridgehead atoms. The highest BCUT2D eigenvalue weighted by molar-refractivity contribution is 5.74. The zero-order chi connectivity index (χ0) is 17.4. The Bertz CT molecular complexity index is 503. The Balaban J connectivity index is 2.02. The number of piperazine rings is 1. The maximum absolute atomic E-state index is 12.4. The molecule has 1 aromatic rings. The number of aliphatic hydroxyl groups is 1. The smallest absolute Gasteiger partial charge is 0.318 e. The summed E-state index contributed by atoms with van der Waals surface area (Å²) in [5.74, 6) is 0.540. The second kappa shape index (κ2) is 9.55. The third kappa shape index (κ3) is 5.15. The second-order valence-corrected chi connectivity index (χ2v) is 6.09. The number of carbonyl (C=O) groups excluding carboxylic acids is 1. The van der Waals surface area contributed by atoms with Crippen molar-refractivity contribution in [2.45, 2.75) is 38.1 Å². The van der Waals surface area contributed by atoms with E-state index in [2.05, 4.69) is 20.8 Å². The molecule has 0 aliphatic carbocycles. The first-order valence-corrected chi connectivity index (χ1v) is 8.56. The minimum absolute atomic E-state index is 0.0629. The number of rotatable bonds is 8. The van der Waals surface area contributed by atoms with E-state index < -0.39 is 0 Å². The lowest BCUT2D eigenvalue weighted by Gasteiger charge is -2.29. The quantitative estimate of drug-likeness (QED) is 0.488. The molecule has 2 rings (SSSR count). The van der Waals surface area contributed by atoms with E-state index in [0.29, 0.717) is 37.8 Å². The molecule has 5 N–H and O–H groups in total. The Morgan fingerprint density at radius 2 is 2.08 bits per heavy atom. The lowest BCUT2D eigenvalue weighted by Crippen LogP contribution is -2.50. The fraction of sp³-hybridized carbons (Fsp3) is 0.800. The molecule has 1 aromatic heterocycles. The van der Waals surface area contributed by atoms with Crippen LogP contribution in [0.2, 0.25) is 0 Å². The summed E-state index contributed by atoms with van der Waals surface area (Å²) < 4.78 is 5.66. The van der Waals surface area contributed by atoms with Crippen molar-refractivity contribution in [2.75, 3.05) is 39.3 Å². The molecule has 2 amide bonds. The lowest BCUT2D eigenvalue weighted by atomic mass is 10.1. The highest BCUT2D eigenvalue weighted by atomic mass is 16.4. The number of amides is 2. The van der Waals surface area contributed by atoms with Gasteiger partial charge in [0.2, 0.25) is 11.8 Å². The second-order valence-electron chi connectivity index (χ2n) is 6.09. The number of hydrogen-bond acceptors (Lipinski definition) is 7. The summed E-state index contributed by atoms with van der Waals surface area (Å²) in [5.41, 5.74) is 5.55. The van der Waals surface area contributed by atoms with Gasteiger partial charge in [0.05, 0.1) is 12.5 Å². The Hall–Kier alpha value is -1.71. The van der Waals surface area contributed by atoms with Gasteiger partial charge in [0.25, 0.3) is 0 Å². The van der Waals surface area contributed by atoms with Crippen LogP contribution < -0.4 is 16.4 Å². The summed E-state index contributed by atoms with van der Waals surface area (Å²) in [6.45, 7) is 5.30. The van der Waals surface area contributed by atoms with Crippen LogP contribution in [0.1, 0.15) is 49.9 Å². The molecule has 1 fully saturated rings. The number of urea groups is 1. The van der Waals surface area contributed by atoms with Crippen LogP contribution >= 0.6 is 0 Å². The van der Waals surface area contributed by atoms with E-state index in [0.717, 1.165) is 25.9 Å². The van der Waals surface area contributed by atoms with E-state index in [-0.39, 0.29) is 24.6 Å². The molecule has 1 unspecified atom stereocenters. The summed E-state index contributed by atoms with van der Waals surface area (Å²) >= 11 is 0. The maximum atomic E-state index is 12.4. The van der Waals surface area contributed by atoms with Gasteiger partial charge >= 0.3 is 6.03 Å². The van der Waals surface area contributed by atoms with E-state index >= 15 is 0 Å². The Labute approximate surface area is 142 Å². The summed E-state index contributed by atoms with van der Waals surface area (Å²) in [5, 5.41) is 23.4. The predicted molar refractivity (Wildman–Crippen MR) is 88.4 cm³/mol. The third-order valence-electron chi connectivity index (χ3n) is 4.10. The van der Waals surface area contributed by atoms with Crippen LogP contribution in [0, 0.1) is 0 Å². The lowest BCUT2D eigenvalue weighted by molar-refractivity contribution is 0.182. The van der Waals surface area contributed by atoms with Crippen LogP contribution in [0.3, 0.4) is 0 Å². The van der Waals surface area contributed by atoms with Gasteiger partial charge in [-0.3, -0.25) is 0 Å². The Morgan fingerprint density at radius 1 is 1.38 bits per heavy atom. The minimum Gasteiger partial charge on any atom is -0.423 e. The first-order chi connectivity index (χ1) is 11.7. The van der Waals surface area contributed by atoms with Gasteiger partial charge in [-0.05, 0) is 25.8 Å². The normalized spacial score (nSPS) is 17.5. The largest absolute Gasteiger partial charge is 0.423 e. The molecule has 1 saturated heterocycles. The van der Waals surface area contributed by atoms with E-state index in [1.165, 1.54) is 0 Å². The third-order valence-corrected chi connectivity index (χ3v) is 4.10. The summed E-state index contributed by atoms with van der Waals surface area (Å²) in [7, 11) is 0. The standard InChI is InChI=1S/C15H28N6O3/c1-11(10-22)13-19-20-14(24-13)12(4-2-3-5-16)18-15(23)21-8-6-17-7-9-21/h11-12,17,22H,2-10,16H2,1H3,(H,18,23)/t11?,12-/m0/s1. The first-order valence-electron chi connectivity index (χ1n) is 8.56. The van der Waals surface area contributed by atoms with Gasteiger partial charge in [0, 0.05) is 26.2 Å². The zero-order valence-corrected chi connectivity index (χ0v) is 14.2. The molecular formula is C15H28N6O3. The van der Waals surface area contributed by atoms with Gasteiger partial charge in [-0.2, -0.15) is 0 Å². The van der Waals surface area contributed by atoms with Gasteiger partial charge in [0.15, 0.2) is 0 Å². The molecule has 1 aliphatic rings. The molecule has 0 spiro atoms. The van der Waals surface area contributed by atoms with Crippen molar-refractivity contribution in [3.63, 3.8) is 0 Å². The SMILES string of the molecule is CC(CO)c1nnc([C@H](CCCCN)NC(=O)N2CCNCC2)o1. The molecule has 2 atom stereocenters. The Morgan fingerprint density at radius 3 is 2.75 bits per heavy atom. The van der Waals surface area contributed by atoms with E-state index in [9.17, 15) is 9.90 Å². The highest BCUT2D eigenvalue weighted by Gasteiger charge is 2.25. The van der Waals surface area contributed by atoms with Crippen LogP contribution in [-0.4, -0.2) is 65.6 Å². The zero-order valence-electron chi connectivity index (χ0n) is 14.2. The fourth-order valence-electron chi connectivity index (χ4n) is 2.52. The van der Waals surface area contributed by atoms with Gasteiger partial charge < -0.3 is 30.8 Å². The van der Waals surface area contributed by atoms with Gasteiger partial charge in [0.1, 0.15) is 6.04 Å². The van der Waals surface area contributed by atoms with Gasteiger partial charge in [-0.25, -0.2) is 4.79 Å². The van der Waals surface area contributed by atoms with Gasteiger partial charge in [-0.15, -0.1) is 10.2 Å². The monoisotopic (exact) mass is 340 g/mol. The molecule has 1 aliphatic heterocycles. The number of carbonyl (C=O) groups is 1. The van der Waals surface area contributed by atoms with Crippen LogP contribution in [0.5, 0.6) is 0 Å². The van der Waals surface area contributed by atoms with Crippen molar-refractivity contribution >= 4 is 6.03 Å². The van der Waals surface area contributed by atoms with Crippen LogP contribution in [-0.2, 0) is 0 Å². The fourth-order valence-corrected chi connectivity index (χ4v) is 2.52. The van der Waals surface area contributed by atoms with Crippen molar-refractivity contribution in [3.8, 4) is 0 Å². The molecule has 0 saturated carbocycles. The summed E-state index contributed by atoms with van der Waals surface area (Å²) in [6, 6.07) is -0.463. The summed E-state index contributed by atoms with van der Waals surface area (Å²) in [6.07, 6.45) is 2.41.